The summed E-state index contributed by atoms with van der Waals surface area (Å²) in [6.45, 7) is 7.02. The molecule has 1 aliphatic rings. The van der Waals surface area contributed by atoms with Crippen LogP contribution in [-0.4, -0.2) is 48.4 Å². The topological polar surface area (TPSA) is 35.6 Å². The zero-order valence-electron chi connectivity index (χ0n) is 14.8. The molecule has 1 saturated heterocycles. The lowest BCUT2D eigenvalue weighted by Crippen LogP contribution is -2.49. The Morgan fingerprint density at radius 3 is 2.42 bits per heavy atom. The molecule has 1 amide bonds. The first-order chi connectivity index (χ1) is 12.5. The van der Waals surface area contributed by atoms with Crippen molar-refractivity contribution in [3.05, 3.63) is 56.4 Å². The third kappa shape index (κ3) is 5.61. The quantitative estimate of drug-likeness (QED) is 0.745. The summed E-state index contributed by atoms with van der Waals surface area (Å²) in [4.78, 5) is 18.3. The highest BCUT2D eigenvalue weighted by Crippen LogP contribution is 2.23. The van der Waals surface area contributed by atoms with E-state index in [1.54, 1.807) is 23.5 Å². The summed E-state index contributed by atoms with van der Waals surface area (Å²) < 4.78 is 14.2. The van der Waals surface area contributed by atoms with E-state index in [2.05, 4.69) is 43.2 Å². The van der Waals surface area contributed by atoms with Crippen LogP contribution in [0.25, 0.3) is 0 Å². The van der Waals surface area contributed by atoms with Gasteiger partial charge in [0.25, 0.3) is 0 Å². The lowest BCUT2D eigenvalue weighted by molar-refractivity contribution is -0.123. The zero-order chi connectivity index (χ0) is 18.5. The Morgan fingerprint density at radius 2 is 1.81 bits per heavy atom. The number of thiophene rings is 1. The second-order valence-corrected chi connectivity index (χ2v) is 9.15. The van der Waals surface area contributed by atoms with Crippen LogP contribution < -0.4 is 5.32 Å². The fraction of sp³-hybridized carbons (Fsp3) is 0.421. The minimum absolute atomic E-state index is 0.0115. The van der Waals surface area contributed by atoms with Gasteiger partial charge in [-0.05, 0) is 52.7 Å². The number of rotatable bonds is 6. The number of carbonyl (C=O) groups is 1. The van der Waals surface area contributed by atoms with Crippen molar-refractivity contribution >= 4 is 33.2 Å². The maximum atomic E-state index is 13.0. The summed E-state index contributed by atoms with van der Waals surface area (Å²) in [5.41, 5.74) is 0.909. The molecule has 0 aliphatic carbocycles. The highest BCUT2D eigenvalue weighted by Gasteiger charge is 2.20. The van der Waals surface area contributed by atoms with Gasteiger partial charge in [0.05, 0.1) is 16.4 Å². The summed E-state index contributed by atoms with van der Waals surface area (Å²) in [6, 6.07) is 10.4. The lowest BCUT2D eigenvalue weighted by Gasteiger charge is -2.34. The van der Waals surface area contributed by atoms with E-state index in [4.69, 9.17) is 0 Å². The molecule has 2 heterocycles. The minimum Gasteiger partial charge on any atom is -0.348 e. The van der Waals surface area contributed by atoms with Gasteiger partial charge in [0, 0.05) is 37.6 Å². The molecule has 0 spiro atoms. The van der Waals surface area contributed by atoms with E-state index in [-0.39, 0.29) is 17.8 Å². The lowest BCUT2D eigenvalue weighted by atomic mass is 10.1. The summed E-state index contributed by atoms with van der Waals surface area (Å²) in [6.07, 6.45) is 0. The van der Waals surface area contributed by atoms with E-state index in [1.165, 1.54) is 17.0 Å². The van der Waals surface area contributed by atoms with Crippen LogP contribution in [0.1, 0.15) is 23.4 Å². The Kier molecular flexibility index (Phi) is 6.80. The Morgan fingerprint density at radius 1 is 1.15 bits per heavy atom. The van der Waals surface area contributed by atoms with Gasteiger partial charge in [0.1, 0.15) is 5.82 Å². The Labute approximate surface area is 166 Å². The van der Waals surface area contributed by atoms with Gasteiger partial charge in [-0.1, -0.05) is 12.1 Å². The first-order valence-electron chi connectivity index (χ1n) is 8.73. The van der Waals surface area contributed by atoms with Gasteiger partial charge >= 0.3 is 0 Å². The van der Waals surface area contributed by atoms with Gasteiger partial charge in [0.15, 0.2) is 0 Å². The number of halogens is 2. The van der Waals surface area contributed by atoms with E-state index in [0.717, 1.165) is 42.1 Å². The van der Waals surface area contributed by atoms with E-state index in [1.807, 2.05) is 6.92 Å². The Bertz CT molecular complexity index is 729. The molecule has 1 fully saturated rings. The Balaban J connectivity index is 1.41. The smallest absolute Gasteiger partial charge is 0.234 e. The number of amides is 1. The monoisotopic (exact) mass is 439 g/mol. The molecular weight excluding hydrogens is 417 g/mol. The molecule has 1 N–H and O–H groups in total. The molecule has 1 aromatic carbocycles. The van der Waals surface area contributed by atoms with Crippen LogP contribution in [0.3, 0.4) is 0 Å². The summed E-state index contributed by atoms with van der Waals surface area (Å²) in [5.74, 6) is -0.252. The number of carbonyl (C=O) groups excluding carboxylic acids is 1. The van der Waals surface area contributed by atoms with E-state index in [9.17, 15) is 9.18 Å². The summed E-state index contributed by atoms with van der Waals surface area (Å²) in [7, 11) is 0. The van der Waals surface area contributed by atoms with Gasteiger partial charge in [-0.3, -0.25) is 14.6 Å². The third-order valence-corrected chi connectivity index (χ3v) is 6.20. The minimum atomic E-state index is -0.264. The van der Waals surface area contributed by atoms with Crippen molar-refractivity contribution in [2.24, 2.45) is 0 Å². The summed E-state index contributed by atoms with van der Waals surface area (Å²) >= 11 is 5.27. The van der Waals surface area contributed by atoms with Gasteiger partial charge < -0.3 is 5.32 Å². The van der Waals surface area contributed by atoms with Crippen molar-refractivity contribution in [2.45, 2.75) is 19.5 Å². The molecule has 0 bridgehead atoms. The maximum absolute atomic E-state index is 13.0. The molecule has 0 radical (unpaired) electrons. The molecule has 1 aromatic heterocycles. The van der Waals surface area contributed by atoms with Gasteiger partial charge in [0.2, 0.25) is 5.91 Å². The van der Waals surface area contributed by atoms with Crippen molar-refractivity contribution < 1.29 is 9.18 Å². The van der Waals surface area contributed by atoms with Crippen LogP contribution in [0.4, 0.5) is 4.39 Å². The molecule has 3 rings (SSSR count). The number of piperazine rings is 1. The first-order valence-corrected chi connectivity index (χ1v) is 10.3. The average molecular weight is 440 g/mol. The van der Waals surface area contributed by atoms with Gasteiger partial charge in [-0.2, -0.15) is 0 Å². The molecule has 0 saturated carbocycles. The van der Waals surface area contributed by atoms with Crippen molar-refractivity contribution in [3.8, 4) is 0 Å². The molecule has 1 aliphatic heterocycles. The van der Waals surface area contributed by atoms with Crippen LogP contribution >= 0.6 is 27.3 Å². The molecule has 7 heteroatoms. The van der Waals surface area contributed by atoms with Crippen molar-refractivity contribution in [3.63, 3.8) is 0 Å². The standard InChI is InChI=1S/C19H23BrFN3OS/c1-14(15-2-4-16(21)5-3-15)22-19(25)13-24-10-8-23(9-11-24)12-17-6-7-18(20)26-17/h2-7,14H,8-13H2,1H3,(H,22,25). The second kappa shape index (κ2) is 9.08. The van der Waals surface area contributed by atoms with Crippen LogP contribution in [0.2, 0.25) is 0 Å². The highest BCUT2D eigenvalue weighted by molar-refractivity contribution is 9.11. The molecule has 26 heavy (non-hydrogen) atoms. The van der Waals surface area contributed by atoms with E-state index in [0.29, 0.717) is 6.54 Å². The molecule has 4 nitrogen and oxygen atoms in total. The van der Waals surface area contributed by atoms with E-state index >= 15 is 0 Å². The second-order valence-electron chi connectivity index (χ2n) is 6.60. The largest absolute Gasteiger partial charge is 0.348 e. The number of nitrogens with one attached hydrogen (secondary N) is 1. The number of benzene rings is 1. The normalized spacial score (nSPS) is 17.2. The molecular formula is C19H23BrFN3OS. The number of nitrogens with zero attached hydrogens (tertiary/aromatic N) is 2. The molecule has 2 aromatic rings. The highest BCUT2D eigenvalue weighted by atomic mass is 79.9. The van der Waals surface area contributed by atoms with Crippen LogP contribution in [0, 0.1) is 5.82 Å². The fourth-order valence-corrected chi connectivity index (χ4v) is 4.61. The van der Waals surface area contributed by atoms with E-state index < -0.39 is 0 Å². The number of hydrogen-bond donors (Lipinski definition) is 1. The average Bonchev–Trinajstić information content (AvgIpc) is 3.02. The third-order valence-electron chi connectivity index (χ3n) is 4.59. The van der Waals surface area contributed by atoms with Crippen LogP contribution in [0.15, 0.2) is 40.2 Å². The van der Waals surface area contributed by atoms with Crippen molar-refractivity contribution in [1.82, 2.24) is 15.1 Å². The van der Waals surface area contributed by atoms with Crippen molar-refractivity contribution in [2.75, 3.05) is 32.7 Å². The summed E-state index contributed by atoms with van der Waals surface area (Å²) in [5, 5.41) is 3.00. The number of hydrogen-bond acceptors (Lipinski definition) is 4. The van der Waals surface area contributed by atoms with Gasteiger partial charge in [-0.15, -0.1) is 11.3 Å². The molecule has 140 valence electrons. The van der Waals surface area contributed by atoms with Gasteiger partial charge in [-0.25, -0.2) is 4.39 Å². The molecule has 1 unspecified atom stereocenters. The van der Waals surface area contributed by atoms with Crippen LogP contribution in [-0.2, 0) is 11.3 Å². The fourth-order valence-electron chi connectivity index (χ4n) is 3.09. The van der Waals surface area contributed by atoms with Crippen LogP contribution in [0.5, 0.6) is 0 Å². The zero-order valence-corrected chi connectivity index (χ0v) is 17.2. The predicted octanol–water partition coefficient (Wildman–Crippen LogP) is 3.64. The Hall–Kier alpha value is -1.28. The maximum Gasteiger partial charge on any atom is 0.234 e. The van der Waals surface area contributed by atoms with Crippen molar-refractivity contribution in [1.29, 1.82) is 0 Å². The first kappa shape index (κ1) is 19.5. The predicted molar refractivity (Wildman–Crippen MR) is 107 cm³/mol. The SMILES string of the molecule is CC(NC(=O)CN1CCN(Cc2ccc(Br)s2)CC1)c1ccc(F)cc1. The molecule has 1 atom stereocenters.